The first-order chi connectivity index (χ1) is 9.52. The third kappa shape index (κ3) is 2.74. The van der Waals surface area contributed by atoms with Gasteiger partial charge >= 0.3 is 5.97 Å². The molecule has 6 heteroatoms. The van der Waals surface area contributed by atoms with Gasteiger partial charge in [0.15, 0.2) is 0 Å². The van der Waals surface area contributed by atoms with Crippen molar-refractivity contribution in [3.05, 3.63) is 57.8 Å². The van der Waals surface area contributed by atoms with E-state index in [1.165, 1.54) is 23.0 Å². The highest BCUT2D eigenvalue weighted by Crippen LogP contribution is 2.12. The lowest BCUT2D eigenvalue weighted by atomic mass is 10.2. The molecule has 1 aromatic carbocycles. The summed E-state index contributed by atoms with van der Waals surface area (Å²) in [6.07, 6.45) is 1.37. The smallest absolute Gasteiger partial charge is 0.362 e. The van der Waals surface area contributed by atoms with E-state index < -0.39 is 11.4 Å². The molecule has 0 fully saturated rings. The average molecular weight is 276 g/mol. The quantitative estimate of drug-likeness (QED) is 0.803. The zero-order chi connectivity index (χ0) is 14.7. The Hall–Kier alpha value is -2.50. The van der Waals surface area contributed by atoms with Crippen molar-refractivity contribution in [2.75, 3.05) is 6.61 Å². The topological polar surface area (TPSA) is 61.2 Å². The summed E-state index contributed by atoms with van der Waals surface area (Å²) in [5.41, 5.74) is 0.0571. The minimum absolute atomic E-state index is 0.147. The van der Waals surface area contributed by atoms with Crippen molar-refractivity contribution >= 4 is 5.97 Å². The molecule has 104 valence electrons. The molecule has 1 heterocycles. The summed E-state index contributed by atoms with van der Waals surface area (Å²) in [5, 5.41) is 3.89. The zero-order valence-electron chi connectivity index (χ0n) is 11.1. The summed E-state index contributed by atoms with van der Waals surface area (Å²) in [5.74, 6) is -1.18. The number of carbonyl (C=O) groups excluding carboxylic acids is 1. The molecule has 0 radical (unpaired) electrons. The normalized spacial score (nSPS) is 10.3. The van der Waals surface area contributed by atoms with Gasteiger partial charge in [-0.25, -0.2) is 13.9 Å². The molecular formula is C14H13FN2O3. The number of aryl methyl sites for hydroxylation is 1. The molecule has 0 saturated carbocycles. The van der Waals surface area contributed by atoms with Crippen molar-refractivity contribution < 1.29 is 13.9 Å². The number of hydrogen-bond acceptors (Lipinski definition) is 4. The van der Waals surface area contributed by atoms with E-state index in [0.29, 0.717) is 11.3 Å². The molecule has 0 aliphatic rings. The Morgan fingerprint density at radius 1 is 1.40 bits per heavy atom. The molecule has 2 rings (SSSR count). The van der Waals surface area contributed by atoms with Gasteiger partial charge in [0.05, 0.1) is 12.3 Å². The minimum Gasteiger partial charge on any atom is -0.461 e. The molecule has 0 atom stereocenters. The predicted octanol–water partition coefficient (Wildman–Crippen LogP) is 1.86. The monoisotopic (exact) mass is 276 g/mol. The van der Waals surface area contributed by atoms with Gasteiger partial charge in [-0.1, -0.05) is 6.07 Å². The van der Waals surface area contributed by atoms with Crippen LogP contribution in [0.1, 0.15) is 23.0 Å². The number of benzene rings is 1. The van der Waals surface area contributed by atoms with E-state index in [4.69, 9.17) is 4.74 Å². The molecule has 2 aromatic rings. The van der Waals surface area contributed by atoms with Crippen LogP contribution in [0.15, 0.2) is 35.3 Å². The van der Waals surface area contributed by atoms with Crippen LogP contribution in [0.5, 0.6) is 0 Å². The number of carbonyl (C=O) groups is 1. The SMILES string of the molecule is CCOC(=O)c1nn(-c2ccc(C)c(F)c2)ccc1=O. The van der Waals surface area contributed by atoms with Crippen LogP contribution in [0.25, 0.3) is 5.69 Å². The van der Waals surface area contributed by atoms with Gasteiger partial charge < -0.3 is 4.74 Å². The maximum atomic E-state index is 13.5. The molecule has 0 aliphatic heterocycles. The molecule has 0 N–H and O–H groups in total. The van der Waals surface area contributed by atoms with Crippen LogP contribution in [-0.4, -0.2) is 22.4 Å². The van der Waals surface area contributed by atoms with Crippen LogP contribution in [0.3, 0.4) is 0 Å². The van der Waals surface area contributed by atoms with Gasteiger partial charge in [-0.3, -0.25) is 4.79 Å². The van der Waals surface area contributed by atoms with Crippen LogP contribution in [0.4, 0.5) is 4.39 Å². The first-order valence-electron chi connectivity index (χ1n) is 6.06. The number of rotatable bonds is 3. The van der Waals surface area contributed by atoms with E-state index in [-0.39, 0.29) is 18.1 Å². The van der Waals surface area contributed by atoms with Crippen LogP contribution >= 0.6 is 0 Å². The predicted molar refractivity (Wildman–Crippen MR) is 70.5 cm³/mol. The molecule has 5 nitrogen and oxygen atoms in total. The molecule has 0 unspecified atom stereocenters. The van der Waals surface area contributed by atoms with Crippen molar-refractivity contribution in [3.8, 4) is 5.69 Å². The lowest BCUT2D eigenvalue weighted by molar-refractivity contribution is 0.0515. The number of halogens is 1. The lowest BCUT2D eigenvalue weighted by Crippen LogP contribution is -2.22. The van der Waals surface area contributed by atoms with Crippen molar-refractivity contribution in [3.63, 3.8) is 0 Å². The Bertz CT molecular complexity index is 710. The van der Waals surface area contributed by atoms with Gasteiger partial charge in [-0.15, -0.1) is 0 Å². The fourth-order valence-electron chi connectivity index (χ4n) is 1.62. The van der Waals surface area contributed by atoms with Gasteiger partial charge in [0, 0.05) is 12.3 Å². The third-order valence-corrected chi connectivity index (χ3v) is 2.70. The Morgan fingerprint density at radius 2 is 2.15 bits per heavy atom. The first-order valence-corrected chi connectivity index (χ1v) is 6.06. The number of esters is 1. The summed E-state index contributed by atoms with van der Waals surface area (Å²) in [6.45, 7) is 3.42. The van der Waals surface area contributed by atoms with Crippen LogP contribution in [-0.2, 0) is 4.74 Å². The Labute approximate surface area is 114 Å². The second-order valence-electron chi connectivity index (χ2n) is 4.13. The molecule has 20 heavy (non-hydrogen) atoms. The summed E-state index contributed by atoms with van der Waals surface area (Å²) in [6, 6.07) is 5.71. The van der Waals surface area contributed by atoms with E-state index >= 15 is 0 Å². The summed E-state index contributed by atoms with van der Waals surface area (Å²) in [4.78, 5) is 23.2. The van der Waals surface area contributed by atoms with Gasteiger partial charge in [0.1, 0.15) is 5.82 Å². The number of ether oxygens (including phenoxy) is 1. The highest BCUT2D eigenvalue weighted by Gasteiger charge is 2.14. The molecule has 0 spiro atoms. The summed E-state index contributed by atoms with van der Waals surface area (Å²) in [7, 11) is 0. The maximum absolute atomic E-state index is 13.5. The summed E-state index contributed by atoms with van der Waals surface area (Å²) >= 11 is 0. The van der Waals surface area contributed by atoms with Gasteiger partial charge in [-0.05, 0) is 31.5 Å². The largest absolute Gasteiger partial charge is 0.461 e. The summed E-state index contributed by atoms with van der Waals surface area (Å²) < 4.78 is 19.5. The van der Waals surface area contributed by atoms with Crippen LogP contribution in [0.2, 0.25) is 0 Å². The third-order valence-electron chi connectivity index (χ3n) is 2.70. The zero-order valence-corrected chi connectivity index (χ0v) is 11.1. The van der Waals surface area contributed by atoms with E-state index in [2.05, 4.69) is 5.10 Å². The molecule has 1 aromatic heterocycles. The first kappa shape index (κ1) is 13.9. The van der Waals surface area contributed by atoms with Crippen molar-refractivity contribution in [2.24, 2.45) is 0 Å². The van der Waals surface area contributed by atoms with Gasteiger partial charge in [-0.2, -0.15) is 5.10 Å². The van der Waals surface area contributed by atoms with Crippen molar-refractivity contribution in [1.29, 1.82) is 0 Å². The fourth-order valence-corrected chi connectivity index (χ4v) is 1.62. The Morgan fingerprint density at radius 3 is 2.80 bits per heavy atom. The van der Waals surface area contributed by atoms with E-state index in [9.17, 15) is 14.0 Å². The van der Waals surface area contributed by atoms with E-state index in [1.807, 2.05) is 0 Å². The van der Waals surface area contributed by atoms with Crippen molar-refractivity contribution in [1.82, 2.24) is 9.78 Å². The second kappa shape index (κ2) is 5.64. The molecular weight excluding hydrogens is 263 g/mol. The fraction of sp³-hybridized carbons (Fsp3) is 0.214. The minimum atomic E-state index is -0.792. The number of nitrogens with zero attached hydrogens (tertiary/aromatic N) is 2. The molecule has 0 bridgehead atoms. The highest BCUT2D eigenvalue weighted by molar-refractivity contribution is 5.86. The standard InChI is InChI=1S/C14H13FN2O3/c1-3-20-14(19)13-12(18)6-7-17(16-13)10-5-4-9(2)11(15)8-10/h4-8H,3H2,1-2H3. The van der Waals surface area contributed by atoms with Crippen LogP contribution in [0, 0.1) is 12.7 Å². The molecule has 0 amide bonds. The lowest BCUT2D eigenvalue weighted by Gasteiger charge is -2.08. The van der Waals surface area contributed by atoms with Crippen LogP contribution < -0.4 is 5.43 Å². The Kier molecular flexibility index (Phi) is 3.93. The van der Waals surface area contributed by atoms with Crippen molar-refractivity contribution in [2.45, 2.75) is 13.8 Å². The number of hydrogen-bond donors (Lipinski definition) is 0. The van der Waals surface area contributed by atoms with Gasteiger partial charge in [0.25, 0.3) is 0 Å². The van der Waals surface area contributed by atoms with Gasteiger partial charge in [0.2, 0.25) is 11.1 Å². The Balaban J connectivity index is 2.48. The number of aromatic nitrogens is 2. The molecule has 0 aliphatic carbocycles. The van der Waals surface area contributed by atoms with E-state index in [0.717, 1.165) is 0 Å². The second-order valence-corrected chi connectivity index (χ2v) is 4.13. The van der Waals surface area contributed by atoms with E-state index in [1.54, 1.807) is 26.0 Å². The maximum Gasteiger partial charge on any atom is 0.362 e. The highest BCUT2D eigenvalue weighted by atomic mass is 19.1. The molecule has 0 saturated heterocycles. The average Bonchev–Trinajstić information content (AvgIpc) is 2.42.